The van der Waals surface area contributed by atoms with Gasteiger partial charge < -0.3 is 14.9 Å². The van der Waals surface area contributed by atoms with Crippen molar-refractivity contribution in [2.24, 2.45) is 11.8 Å². The molecule has 2 aliphatic rings. The Balaban J connectivity index is 1.66. The molecule has 1 aromatic carbocycles. The third-order valence-corrected chi connectivity index (χ3v) is 5.46. The molecule has 1 N–H and O–H groups in total. The molecule has 2 atom stereocenters. The summed E-state index contributed by atoms with van der Waals surface area (Å²) in [6, 6.07) is 11.5. The highest BCUT2D eigenvalue weighted by Gasteiger charge is 2.33. The highest BCUT2D eigenvalue weighted by atomic mass is 16.4. The number of nitrogens with zero attached hydrogens (tertiary/aromatic N) is 3. The summed E-state index contributed by atoms with van der Waals surface area (Å²) in [5, 5.41) is 9.46. The van der Waals surface area contributed by atoms with Crippen LogP contribution in [-0.4, -0.2) is 41.6 Å². The molecule has 27 heavy (non-hydrogen) atoms. The molecule has 0 bridgehead atoms. The summed E-state index contributed by atoms with van der Waals surface area (Å²) in [6.45, 7) is 3.79. The van der Waals surface area contributed by atoms with Gasteiger partial charge >= 0.3 is 5.97 Å². The summed E-state index contributed by atoms with van der Waals surface area (Å²) in [7, 11) is 0. The Hall–Kier alpha value is -2.89. The molecule has 0 aliphatic carbocycles. The average molecular weight is 365 g/mol. The van der Waals surface area contributed by atoms with Gasteiger partial charge in [-0.3, -0.25) is 9.59 Å². The maximum absolute atomic E-state index is 13.3. The van der Waals surface area contributed by atoms with Crippen molar-refractivity contribution in [1.82, 2.24) is 4.98 Å². The van der Waals surface area contributed by atoms with E-state index in [0.29, 0.717) is 37.4 Å². The zero-order valence-electron chi connectivity index (χ0n) is 15.3. The number of rotatable bonds is 3. The van der Waals surface area contributed by atoms with Crippen LogP contribution in [-0.2, 0) is 11.2 Å². The van der Waals surface area contributed by atoms with Crippen molar-refractivity contribution in [2.75, 3.05) is 29.4 Å². The fourth-order valence-corrected chi connectivity index (χ4v) is 4.21. The molecule has 3 heterocycles. The lowest BCUT2D eigenvalue weighted by Crippen LogP contribution is -2.44. The molecule has 4 rings (SSSR count). The van der Waals surface area contributed by atoms with E-state index in [-0.39, 0.29) is 11.8 Å². The average Bonchev–Trinajstić information content (AvgIpc) is 3.11. The van der Waals surface area contributed by atoms with Gasteiger partial charge in [0, 0.05) is 31.5 Å². The lowest BCUT2D eigenvalue weighted by Gasteiger charge is -2.36. The molecule has 2 aliphatic heterocycles. The number of carbonyl (C=O) groups excluding carboxylic acids is 1. The van der Waals surface area contributed by atoms with Gasteiger partial charge in [0.15, 0.2) is 0 Å². The third-order valence-electron chi connectivity index (χ3n) is 5.46. The highest BCUT2D eigenvalue weighted by molar-refractivity contribution is 6.10. The Labute approximate surface area is 158 Å². The number of carboxylic acids is 1. The number of para-hydroxylation sites is 1. The van der Waals surface area contributed by atoms with Crippen LogP contribution >= 0.6 is 0 Å². The van der Waals surface area contributed by atoms with Crippen LogP contribution in [0.3, 0.4) is 0 Å². The first kappa shape index (κ1) is 17.5. The number of carbonyl (C=O) groups is 2. The first-order valence-corrected chi connectivity index (χ1v) is 9.37. The second-order valence-corrected chi connectivity index (χ2v) is 7.49. The molecule has 0 spiro atoms. The van der Waals surface area contributed by atoms with Crippen molar-refractivity contribution in [3.05, 3.63) is 53.7 Å². The van der Waals surface area contributed by atoms with E-state index in [1.54, 1.807) is 23.2 Å². The number of hydrogen-bond donors (Lipinski definition) is 1. The minimum Gasteiger partial charge on any atom is -0.481 e. The lowest BCUT2D eigenvalue weighted by atomic mass is 9.90. The smallest absolute Gasteiger partial charge is 0.308 e. The molecule has 1 fully saturated rings. The van der Waals surface area contributed by atoms with Gasteiger partial charge in [-0.1, -0.05) is 25.1 Å². The molecule has 0 radical (unpaired) electrons. The molecule has 2 unspecified atom stereocenters. The van der Waals surface area contributed by atoms with Gasteiger partial charge in [-0.25, -0.2) is 4.98 Å². The number of amides is 1. The van der Waals surface area contributed by atoms with Crippen molar-refractivity contribution in [3.8, 4) is 0 Å². The Bertz CT molecular complexity index is 882. The van der Waals surface area contributed by atoms with Gasteiger partial charge in [-0.15, -0.1) is 0 Å². The molecular weight excluding hydrogens is 342 g/mol. The largest absolute Gasteiger partial charge is 0.481 e. The normalized spacial score (nSPS) is 21.8. The topological polar surface area (TPSA) is 73.7 Å². The Morgan fingerprint density at radius 3 is 2.78 bits per heavy atom. The standard InChI is InChI=1S/C21H23N3O3/c1-14-11-16(21(26)27)13-23(12-14)19-17(6-4-9-22-19)20(25)24-10-8-15-5-2-3-7-18(15)24/h2-7,9,14,16H,8,10-13H2,1H3,(H,26,27). The van der Waals surface area contributed by atoms with Gasteiger partial charge in [0.2, 0.25) is 0 Å². The van der Waals surface area contributed by atoms with E-state index in [1.165, 1.54) is 5.56 Å². The molecule has 1 saturated heterocycles. The van der Waals surface area contributed by atoms with Crippen LogP contribution in [0.2, 0.25) is 0 Å². The number of aromatic nitrogens is 1. The Kier molecular flexibility index (Phi) is 4.56. The third kappa shape index (κ3) is 3.27. The SMILES string of the molecule is CC1CC(C(=O)O)CN(c2ncccc2C(=O)N2CCc3ccccc32)C1. The second kappa shape index (κ2) is 7.02. The maximum Gasteiger partial charge on any atom is 0.308 e. The number of hydrogen-bond acceptors (Lipinski definition) is 4. The molecule has 2 aromatic rings. The van der Waals surface area contributed by atoms with Gasteiger partial charge in [0.25, 0.3) is 5.91 Å². The predicted octanol–water partition coefficient (Wildman–Crippen LogP) is 2.83. The summed E-state index contributed by atoms with van der Waals surface area (Å²) >= 11 is 0. The van der Waals surface area contributed by atoms with Crippen molar-refractivity contribution in [1.29, 1.82) is 0 Å². The van der Waals surface area contributed by atoms with E-state index in [9.17, 15) is 14.7 Å². The number of pyridine rings is 1. The Morgan fingerprint density at radius 2 is 1.96 bits per heavy atom. The van der Waals surface area contributed by atoms with Crippen molar-refractivity contribution in [2.45, 2.75) is 19.8 Å². The molecule has 0 saturated carbocycles. The highest BCUT2D eigenvalue weighted by Crippen LogP contribution is 2.32. The van der Waals surface area contributed by atoms with Gasteiger partial charge in [0.05, 0.1) is 11.5 Å². The van der Waals surface area contributed by atoms with E-state index in [0.717, 1.165) is 12.1 Å². The van der Waals surface area contributed by atoms with E-state index >= 15 is 0 Å². The fraction of sp³-hybridized carbons (Fsp3) is 0.381. The van der Waals surface area contributed by atoms with Crippen LogP contribution in [0, 0.1) is 11.8 Å². The monoisotopic (exact) mass is 365 g/mol. The van der Waals surface area contributed by atoms with Crippen molar-refractivity contribution >= 4 is 23.4 Å². The van der Waals surface area contributed by atoms with Crippen LogP contribution < -0.4 is 9.80 Å². The van der Waals surface area contributed by atoms with Crippen LogP contribution in [0.25, 0.3) is 0 Å². The molecule has 1 amide bonds. The first-order chi connectivity index (χ1) is 13.0. The van der Waals surface area contributed by atoms with E-state index in [1.807, 2.05) is 30.0 Å². The molecule has 6 heteroatoms. The minimum absolute atomic E-state index is 0.0758. The quantitative estimate of drug-likeness (QED) is 0.905. The number of fused-ring (bicyclic) bond motifs is 1. The van der Waals surface area contributed by atoms with Gasteiger partial charge in [-0.05, 0) is 42.5 Å². The zero-order chi connectivity index (χ0) is 19.0. The summed E-state index contributed by atoms with van der Waals surface area (Å²) in [5.41, 5.74) is 2.66. The molecule has 140 valence electrons. The number of carboxylic acid groups (broad SMARTS) is 1. The second-order valence-electron chi connectivity index (χ2n) is 7.49. The number of piperidine rings is 1. The Morgan fingerprint density at radius 1 is 1.15 bits per heavy atom. The van der Waals surface area contributed by atoms with E-state index in [4.69, 9.17) is 0 Å². The summed E-state index contributed by atoms with van der Waals surface area (Å²) < 4.78 is 0. The summed E-state index contributed by atoms with van der Waals surface area (Å²) in [4.78, 5) is 33.1. The number of benzene rings is 1. The summed E-state index contributed by atoms with van der Waals surface area (Å²) in [5.74, 6) is -0.481. The molecule has 6 nitrogen and oxygen atoms in total. The maximum atomic E-state index is 13.3. The fourth-order valence-electron chi connectivity index (χ4n) is 4.21. The lowest BCUT2D eigenvalue weighted by molar-refractivity contribution is -0.142. The number of anilines is 2. The predicted molar refractivity (Wildman–Crippen MR) is 103 cm³/mol. The minimum atomic E-state index is -0.788. The van der Waals surface area contributed by atoms with Gasteiger partial charge in [-0.2, -0.15) is 0 Å². The van der Waals surface area contributed by atoms with Gasteiger partial charge in [0.1, 0.15) is 5.82 Å². The number of aliphatic carboxylic acids is 1. The van der Waals surface area contributed by atoms with E-state index < -0.39 is 11.9 Å². The van der Waals surface area contributed by atoms with Crippen LogP contribution in [0.1, 0.15) is 29.3 Å². The zero-order valence-corrected chi connectivity index (χ0v) is 15.3. The van der Waals surface area contributed by atoms with Crippen molar-refractivity contribution < 1.29 is 14.7 Å². The molecule has 1 aromatic heterocycles. The van der Waals surface area contributed by atoms with Crippen LogP contribution in [0.5, 0.6) is 0 Å². The van der Waals surface area contributed by atoms with Crippen LogP contribution in [0.4, 0.5) is 11.5 Å². The van der Waals surface area contributed by atoms with Crippen molar-refractivity contribution in [3.63, 3.8) is 0 Å². The summed E-state index contributed by atoms with van der Waals surface area (Å²) in [6.07, 6.45) is 3.17. The first-order valence-electron chi connectivity index (χ1n) is 9.37. The molecular formula is C21H23N3O3. The van der Waals surface area contributed by atoms with E-state index in [2.05, 4.69) is 11.1 Å². The van der Waals surface area contributed by atoms with Crippen LogP contribution in [0.15, 0.2) is 42.6 Å².